The van der Waals surface area contributed by atoms with Gasteiger partial charge in [-0.05, 0) is 32.4 Å². The minimum Gasteiger partial charge on any atom is -0.316 e. The van der Waals surface area contributed by atoms with Crippen LogP contribution in [0, 0.1) is 6.92 Å². The van der Waals surface area contributed by atoms with Gasteiger partial charge in [0.25, 0.3) is 0 Å². The highest BCUT2D eigenvalue weighted by atomic mass is 32.1. The van der Waals surface area contributed by atoms with Gasteiger partial charge in [0.2, 0.25) is 0 Å². The molecule has 0 aliphatic carbocycles. The summed E-state index contributed by atoms with van der Waals surface area (Å²) in [4.78, 5) is 8.27. The number of thiazole rings is 1. The van der Waals surface area contributed by atoms with Crippen molar-refractivity contribution < 1.29 is 0 Å². The third-order valence-corrected chi connectivity index (χ3v) is 5.86. The Morgan fingerprint density at radius 1 is 1.28 bits per heavy atom. The van der Waals surface area contributed by atoms with Gasteiger partial charge in [-0.25, -0.2) is 4.98 Å². The van der Waals surface area contributed by atoms with Crippen molar-refractivity contribution in [2.24, 2.45) is 7.05 Å². The van der Waals surface area contributed by atoms with Gasteiger partial charge in [0.15, 0.2) is 5.82 Å². The molecule has 0 bridgehead atoms. The second-order valence-electron chi connectivity index (χ2n) is 6.67. The predicted molar refractivity (Wildman–Crippen MR) is 96.4 cm³/mol. The maximum atomic E-state index is 4.50. The summed E-state index contributed by atoms with van der Waals surface area (Å²) in [5, 5.41) is 13.2. The first-order valence-corrected chi connectivity index (χ1v) is 9.55. The highest BCUT2D eigenvalue weighted by Crippen LogP contribution is 2.27. The van der Waals surface area contributed by atoms with Gasteiger partial charge in [-0.1, -0.05) is 0 Å². The van der Waals surface area contributed by atoms with E-state index in [0.29, 0.717) is 12.5 Å². The Hall–Kier alpha value is -2.06. The SMILES string of the molecule is Cc1ncsc1CN1CCC[C@@H](c2nnc(Cn3cccn3)n2C)C1. The quantitative estimate of drug-likeness (QED) is 0.700. The van der Waals surface area contributed by atoms with E-state index in [2.05, 4.69) is 43.7 Å². The fourth-order valence-corrected chi connectivity index (χ4v) is 4.32. The van der Waals surface area contributed by atoms with Crippen LogP contribution in [0.4, 0.5) is 0 Å². The Balaban J connectivity index is 1.46. The van der Waals surface area contributed by atoms with Crippen LogP contribution in [-0.4, -0.2) is 47.5 Å². The smallest absolute Gasteiger partial charge is 0.154 e. The van der Waals surface area contributed by atoms with Crippen LogP contribution in [-0.2, 0) is 20.1 Å². The summed E-state index contributed by atoms with van der Waals surface area (Å²) >= 11 is 1.75. The largest absolute Gasteiger partial charge is 0.316 e. The standard InChI is InChI=1S/C17H23N7S/c1-13-15(25-12-18-13)10-23-7-3-5-14(9-23)17-21-20-16(22(17)2)11-24-8-4-6-19-24/h4,6,8,12,14H,3,5,7,9-11H2,1-2H3/t14-/m1/s1. The fourth-order valence-electron chi connectivity index (χ4n) is 3.50. The Kier molecular flexibility index (Phi) is 4.63. The maximum absolute atomic E-state index is 4.50. The lowest BCUT2D eigenvalue weighted by molar-refractivity contribution is 0.196. The van der Waals surface area contributed by atoms with E-state index in [9.17, 15) is 0 Å². The molecule has 1 aliphatic heterocycles. The number of aromatic nitrogens is 6. The Labute approximate surface area is 151 Å². The molecule has 1 fully saturated rings. The molecule has 4 rings (SSSR count). The van der Waals surface area contributed by atoms with Gasteiger partial charge in [-0.2, -0.15) is 5.10 Å². The Bertz CT molecular complexity index is 820. The zero-order valence-electron chi connectivity index (χ0n) is 14.7. The fraction of sp³-hybridized carbons (Fsp3) is 0.529. The first kappa shape index (κ1) is 16.4. The number of rotatable bonds is 5. The topological polar surface area (TPSA) is 64.7 Å². The van der Waals surface area contributed by atoms with E-state index in [0.717, 1.165) is 37.0 Å². The van der Waals surface area contributed by atoms with Crippen molar-refractivity contribution >= 4 is 11.3 Å². The van der Waals surface area contributed by atoms with E-state index in [-0.39, 0.29) is 0 Å². The molecule has 0 spiro atoms. The van der Waals surface area contributed by atoms with Crippen LogP contribution in [0.1, 0.15) is 41.0 Å². The van der Waals surface area contributed by atoms with Crippen molar-refractivity contribution in [2.45, 2.75) is 38.8 Å². The van der Waals surface area contributed by atoms with E-state index in [1.807, 2.05) is 22.5 Å². The van der Waals surface area contributed by atoms with Gasteiger partial charge in [-0.3, -0.25) is 9.58 Å². The van der Waals surface area contributed by atoms with Crippen molar-refractivity contribution in [1.29, 1.82) is 0 Å². The van der Waals surface area contributed by atoms with Crippen molar-refractivity contribution in [2.75, 3.05) is 13.1 Å². The molecule has 0 unspecified atom stereocenters. The number of nitrogens with zero attached hydrogens (tertiary/aromatic N) is 7. The van der Waals surface area contributed by atoms with Gasteiger partial charge in [0, 0.05) is 43.3 Å². The van der Waals surface area contributed by atoms with Crippen LogP contribution in [0.15, 0.2) is 24.0 Å². The number of likely N-dealkylation sites (tertiary alicyclic amines) is 1. The van der Waals surface area contributed by atoms with Gasteiger partial charge in [0.1, 0.15) is 12.4 Å². The number of hydrogen-bond donors (Lipinski definition) is 0. The van der Waals surface area contributed by atoms with Gasteiger partial charge < -0.3 is 4.57 Å². The lowest BCUT2D eigenvalue weighted by Crippen LogP contribution is -2.34. The lowest BCUT2D eigenvalue weighted by Gasteiger charge is -2.31. The maximum Gasteiger partial charge on any atom is 0.154 e. The molecule has 25 heavy (non-hydrogen) atoms. The summed E-state index contributed by atoms with van der Waals surface area (Å²) in [6.45, 7) is 5.92. The van der Waals surface area contributed by atoms with E-state index >= 15 is 0 Å². The summed E-state index contributed by atoms with van der Waals surface area (Å²) in [7, 11) is 2.07. The second kappa shape index (κ2) is 7.05. The van der Waals surface area contributed by atoms with Crippen LogP contribution < -0.4 is 0 Å². The third kappa shape index (κ3) is 3.50. The zero-order chi connectivity index (χ0) is 17.2. The van der Waals surface area contributed by atoms with Crippen LogP contribution >= 0.6 is 11.3 Å². The molecule has 4 heterocycles. The van der Waals surface area contributed by atoms with Crippen LogP contribution in [0.2, 0.25) is 0 Å². The molecule has 1 saturated heterocycles. The third-order valence-electron chi connectivity index (χ3n) is 4.94. The van der Waals surface area contributed by atoms with E-state index in [4.69, 9.17) is 0 Å². The summed E-state index contributed by atoms with van der Waals surface area (Å²) in [5.74, 6) is 2.48. The predicted octanol–water partition coefficient (Wildman–Crippen LogP) is 2.20. The monoisotopic (exact) mass is 357 g/mol. The van der Waals surface area contributed by atoms with Crippen molar-refractivity contribution in [3.05, 3.63) is 46.2 Å². The summed E-state index contributed by atoms with van der Waals surface area (Å²) in [6, 6.07) is 1.93. The molecule has 8 heteroatoms. The number of aryl methyl sites for hydroxylation is 1. The van der Waals surface area contributed by atoms with E-state index < -0.39 is 0 Å². The molecular formula is C17H23N7S. The van der Waals surface area contributed by atoms with Crippen LogP contribution in [0.25, 0.3) is 0 Å². The molecule has 132 valence electrons. The zero-order valence-corrected chi connectivity index (χ0v) is 15.5. The van der Waals surface area contributed by atoms with Crippen molar-refractivity contribution in [1.82, 2.24) is 34.4 Å². The Morgan fingerprint density at radius 3 is 2.96 bits per heavy atom. The molecule has 0 N–H and O–H groups in total. The first-order chi connectivity index (χ1) is 12.2. The molecule has 7 nitrogen and oxygen atoms in total. The molecule has 0 radical (unpaired) electrons. The van der Waals surface area contributed by atoms with Crippen molar-refractivity contribution in [3.63, 3.8) is 0 Å². The van der Waals surface area contributed by atoms with E-state index in [1.165, 1.54) is 17.7 Å². The Morgan fingerprint density at radius 2 is 2.20 bits per heavy atom. The van der Waals surface area contributed by atoms with Gasteiger partial charge in [0.05, 0.1) is 11.2 Å². The molecule has 0 amide bonds. The minimum absolute atomic E-state index is 0.436. The molecule has 0 saturated carbocycles. The molecule has 0 aromatic carbocycles. The molecule has 3 aromatic heterocycles. The van der Waals surface area contributed by atoms with Gasteiger partial charge in [-0.15, -0.1) is 21.5 Å². The van der Waals surface area contributed by atoms with E-state index in [1.54, 1.807) is 17.5 Å². The van der Waals surface area contributed by atoms with Crippen LogP contribution in [0.5, 0.6) is 0 Å². The number of piperidine rings is 1. The highest BCUT2D eigenvalue weighted by Gasteiger charge is 2.26. The van der Waals surface area contributed by atoms with Crippen molar-refractivity contribution in [3.8, 4) is 0 Å². The molecule has 1 aliphatic rings. The molecule has 1 atom stereocenters. The average molecular weight is 357 g/mol. The molecule has 3 aromatic rings. The summed E-state index contributed by atoms with van der Waals surface area (Å²) < 4.78 is 4.03. The lowest BCUT2D eigenvalue weighted by atomic mass is 9.97. The summed E-state index contributed by atoms with van der Waals surface area (Å²) in [5.41, 5.74) is 3.10. The second-order valence-corrected chi connectivity index (χ2v) is 7.61. The first-order valence-electron chi connectivity index (χ1n) is 8.67. The highest BCUT2D eigenvalue weighted by molar-refractivity contribution is 7.09. The minimum atomic E-state index is 0.436. The van der Waals surface area contributed by atoms with Crippen LogP contribution in [0.3, 0.4) is 0 Å². The molecular weight excluding hydrogens is 334 g/mol. The average Bonchev–Trinajstić information content (AvgIpc) is 3.33. The number of hydrogen-bond acceptors (Lipinski definition) is 6. The van der Waals surface area contributed by atoms with Gasteiger partial charge >= 0.3 is 0 Å². The normalized spacial score (nSPS) is 18.7. The summed E-state index contributed by atoms with van der Waals surface area (Å²) in [6.07, 6.45) is 6.11.